The molecule has 120 valence electrons. The number of aryl methyl sites for hydroxylation is 2. The van der Waals surface area contributed by atoms with Gasteiger partial charge in [0.15, 0.2) is 0 Å². The molecule has 1 nitrogen and oxygen atoms in total. The van der Waals surface area contributed by atoms with Gasteiger partial charge in [-0.05, 0) is 77.8 Å². The summed E-state index contributed by atoms with van der Waals surface area (Å²) >= 11 is 11.7. The first-order valence-electron chi connectivity index (χ1n) is 7.94. The predicted octanol–water partition coefficient (Wildman–Crippen LogP) is 5.66. The second kappa shape index (κ2) is 7.09. The van der Waals surface area contributed by atoms with Crippen LogP contribution >= 0.6 is 23.2 Å². The van der Waals surface area contributed by atoms with E-state index < -0.39 is 0 Å². The maximum Gasteiger partial charge on any atom is 0.0499 e. The zero-order valence-electron chi connectivity index (χ0n) is 13.0. The summed E-state index contributed by atoms with van der Waals surface area (Å²) in [6.07, 6.45) is 4.37. The quantitative estimate of drug-likeness (QED) is 0.706. The second-order valence-corrected chi connectivity index (χ2v) is 7.04. The van der Waals surface area contributed by atoms with Gasteiger partial charge in [-0.2, -0.15) is 0 Å². The number of benzene rings is 2. The van der Waals surface area contributed by atoms with E-state index in [1.54, 1.807) is 0 Å². The van der Waals surface area contributed by atoms with E-state index in [9.17, 15) is 0 Å². The zero-order chi connectivity index (χ0) is 16.4. The van der Waals surface area contributed by atoms with Gasteiger partial charge in [-0.3, -0.25) is 0 Å². The minimum Gasteiger partial charge on any atom is -0.396 e. The molecule has 1 atom stereocenters. The summed E-state index contributed by atoms with van der Waals surface area (Å²) in [7, 11) is 0. The van der Waals surface area contributed by atoms with E-state index in [1.807, 2.05) is 24.3 Å². The van der Waals surface area contributed by atoms with Crippen molar-refractivity contribution in [2.45, 2.75) is 31.6 Å². The molecular weight excluding hydrogens is 327 g/mol. The van der Waals surface area contributed by atoms with Crippen molar-refractivity contribution in [3.05, 3.63) is 75.3 Å². The van der Waals surface area contributed by atoms with Crippen LogP contribution in [0.2, 0.25) is 10.0 Å². The lowest BCUT2D eigenvalue weighted by molar-refractivity contribution is 0.265. The molecule has 4 rings (SSSR count). The Morgan fingerprint density at radius 3 is 2.39 bits per heavy atom. The first-order valence-corrected chi connectivity index (χ1v) is 8.70. The SMILES string of the molecule is C=C1CCc2ccc(Cl)cc21.OCC1CCc2ccc(Cl)cc21. The molecule has 0 saturated carbocycles. The Balaban J connectivity index is 0.000000136. The lowest BCUT2D eigenvalue weighted by Gasteiger charge is -2.06. The fourth-order valence-electron chi connectivity index (χ4n) is 3.36. The molecule has 0 spiro atoms. The highest BCUT2D eigenvalue weighted by Gasteiger charge is 2.21. The molecule has 2 aliphatic carbocycles. The molecule has 0 aliphatic heterocycles. The lowest BCUT2D eigenvalue weighted by Crippen LogP contribution is -1.98. The molecule has 23 heavy (non-hydrogen) atoms. The van der Waals surface area contributed by atoms with E-state index in [4.69, 9.17) is 28.3 Å². The van der Waals surface area contributed by atoms with Crippen molar-refractivity contribution >= 4 is 28.8 Å². The van der Waals surface area contributed by atoms with Crippen LogP contribution in [-0.2, 0) is 12.8 Å². The van der Waals surface area contributed by atoms with Crippen molar-refractivity contribution < 1.29 is 5.11 Å². The summed E-state index contributed by atoms with van der Waals surface area (Å²) in [5.41, 5.74) is 6.46. The third kappa shape index (κ3) is 3.63. The van der Waals surface area contributed by atoms with Gasteiger partial charge in [0.25, 0.3) is 0 Å². The Bertz CT molecular complexity index is 736. The van der Waals surface area contributed by atoms with Crippen molar-refractivity contribution in [3.63, 3.8) is 0 Å². The van der Waals surface area contributed by atoms with Crippen LogP contribution in [0.25, 0.3) is 5.57 Å². The van der Waals surface area contributed by atoms with Crippen molar-refractivity contribution in [2.75, 3.05) is 6.61 Å². The molecule has 0 bridgehead atoms. The maximum absolute atomic E-state index is 9.06. The highest BCUT2D eigenvalue weighted by Crippen LogP contribution is 2.34. The van der Waals surface area contributed by atoms with Gasteiger partial charge in [-0.25, -0.2) is 0 Å². The molecular formula is C20H20Cl2O. The van der Waals surface area contributed by atoms with E-state index in [1.165, 1.54) is 27.8 Å². The Hall–Kier alpha value is -1.28. The fourth-order valence-corrected chi connectivity index (χ4v) is 3.72. The largest absolute Gasteiger partial charge is 0.396 e. The van der Waals surface area contributed by atoms with Gasteiger partial charge in [0.2, 0.25) is 0 Å². The average Bonchev–Trinajstić information content (AvgIpc) is 3.11. The molecule has 0 amide bonds. The number of rotatable bonds is 1. The number of halogens is 2. The number of hydrogen-bond donors (Lipinski definition) is 1. The summed E-state index contributed by atoms with van der Waals surface area (Å²) in [6.45, 7) is 4.22. The smallest absolute Gasteiger partial charge is 0.0499 e. The van der Waals surface area contributed by atoms with Gasteiger partial charge in [-0.15, -0.1) is 0 Å². The summed E-state index contributed by atoms with van der Waals surface area (Å²) in [5.74, 6) is 0.318. The fraction of sp³-hybridized carbons (Fsp3) is 0.300. The van der Waals surface area contributed by atoms with Gasteiger partial charge < -0.3 is 5.11 Å². The van der Waals surface area contributed by atoms with E-state index >= 15 is 0 Å². The third-order valence-electron chi connectivity index (χ3n) is 4.68. The predicted molar refractivity (Wildman–Crippen MR) is 98.4 cm³/mol. The minimum absolute atomic E-state index is 0.243. The van der Waals surface area contributed by atoms with Crippen LogP contribution < -0.4 is 0 Å². The van der Waals surface area contributed by atoms with Crippen molar-refractivity contribution in [2.24, 2.45) is 0 Å². The third-order valence-corrected chi connectivity index (χ3v) is 5.15. The molecule has 0 aromatic heterocycles. The normalized spacial score (nSPS) is 18.2. The van der Waals surface area contributed by atoms with E-state index in [-0.39, 0.29) is 6.61 Å². The van der Waals surface area contributed by atoms with E-state index in [2.05, 4.69) is 18.7 Å². The topological polar surface area (TPSA) is 20.2 Å². The van der Waals surface area contributed by atoms with Gasteiger partial charge in [0, 0.05) is 22.6 Å². The summed E-state index contributed by atoms with van der Waals surface area (Å²) < 4.78 is 0. The molecule has 1 N–H and O–H groups in total. The number of aliphatic hydroxyl groups is 1. The van der Waals surface area contributed by atoms with E-state index in [0.717, 1.165) is 35.7 Å². The van der Waals surface area contributed by atoms with E-state index in [0.29, 0.717) is 5.92 Å². The Morgan fingerprint density at radius 2 is 1.65 bits per heavy atom. The number of fused-ring (bicyclic) bond motifs is 2. The molecule has 2 aromatic carbocycles. The van der Waals surface area contributed by atoms with Crippen LogP contribution in [0.3, 0.4) is 0 Å². The second-order valence-electron chi connectivity index (χ2n) is 6.17. The summed E-state index contributed by atoms with van der Waals surface area (Å²) in [5, 5.41) is 10.6. The zero-order valence-corrected chi connectivity index (χ0v) is 14.5. The average molecular weight is 347 g/mol. The van der Waals surface area contributed by atoms with Gasteiger partial charge in [-0.1, -0.05) is 41.9 Å². The highest BCUT2D eigenvalue weighted by molar-refractivity contribution is 6.31. The molecule has 0 radical (unpaired) electrons. The molecule has 0 fully saturated rings. The maximum atomic E-state index is 9.06. The van der Waals surface area contributed by atoms with Crippen LogP contribution in [0, 0.1) is 0 Å². The minimum atomic E-state index is 0.243. The molecule has 2 aliphatic rings. The Kier molecular flexibility index (Phi) is 5.11. The number of allylic oxidation sites excluding steroid dienone is 1. The first-order chi connectivity index (χ1) is 11.1. The molecule has 1 unspecified atom stereocenters. The Morgan fingerprint density at radius 1 is 0.957 bits per heavy atom. The lowest BCUT2D eigenvalue weighted by atomic mass is 10.0. The van der Waals surface area contributed by atoms with Crippen LogP contribution in [0.5, 0.6) is 0 Å². The molecule has 3 heteroatoms. The van der Waals surface area contributed by atoms with Crippen molar-refractivity contribution in [1.29, 1.82) is 0 Å². The van der Waals surface area contributed by atoms with Crippen LogP contribution in [0.1, 0.15) is 41.0 Å². The summed E-state index contributed by atoms with van der Waals surface area (Å²) in [4.78, 5) is 0. The van der Waals surface area contributed by atoms with Gasteiger partial charge in [0.1, 0.15) is 0 Å². The molecule has 2 aromatic rings. The van der Waals surface area contributed by atoms with Gasteiger partial charge in [0.05, 0.1) is 0 Å². The number of aliphatic hydroxyl groups excluding tert-OH is 1. The summed E-state index contributed by atoms with van der Waals surface area (Å²) in [6, 6.07) is 12.0. The van der Waals surface area contributed by atoms with Crippen molar-refractivity contribution in [3.8, 4) is 0 Å². The molecule has 0 saturated heterocycles. The highest BCUT2D eigenvalue weighted by atomic mass is 35.5. The van der Waals surface area contributed by atoms with Crippen LogP contribution in [0.4, 0.5) is 0 Å². The van der Waals surface area contributed by atoms with Crippen molar-refractivity contribution in [1.82, 2.24) is 0 Å². The van der Waals surface area contributed by atoms with Gasteiger partial charge >= 0.3 is 0 Å². The first kappa shape index (κ1) is 16.6. The standard InChI is InChI=1S/C10H11ClO.C10H9Cl/c11-9-4-3-7-1-2-8(6-12)10(7)5-9;1-7-2-3-8-4-5-9(11)6-10(7)8/h3-5,8,12H,1-2,6H2;4-6H,1-3H2. The van der Waals surface area contributed by atoms with Crippen LogP contribution in [-0.4, -0.2) is 11.7 Å². The van der Waals surface area contributed by atoms with Crippen LogP contribution in [0.15, 0.2) is 43.0 Å². The number of hydrogen-bond acceptors (Lipinski definition) is 1. The monoisotopic (exact) mass is 346 g/mol. The molecule has 0 heterocycles. The Labute approximate surface area is 147 Å².